The van der Waals surface area contributed by atoms with Gasteiger partial charge in [0.25, 0.3) is 0 Å². The van der Waals surface area contributed by atoms with E-state index in [0.717, 1.165) is 22.6 Å². The Kier molecular flexibility index (Phi) is 3.13. The van der Waals surface area contributed by atoms with Gasteiger partial charge in [0, 0.05) is 17.3 Å². The van der Waals surface area contributed by atoms with Gasteiger partial charge in [0.05, 0.1) is 5.69 Å². The van der Waals surface area contributed by atoms with E-state index in [0.29, 0.717) is 11.6 Å². The van der Waals surface area contributed by atoms with Crippen molar-refractivity contribution in [1.82, 2.24) is 15.0 Å². The van der Waals surface area contributed by atoms with Crippen LogP contribution < -0.4 is 5.73 Å². The summed E-state index contributed by atoms with van der Waals surface area (Å²) in [4.78, 5) is 13.3. The fourth-order valence-corrected chi connectivity index (χ4v) is 2.00. The number of pyridine rings is 1. The van der Waals surface area contributed by atoms with E-state index in [1.54, 1.807) is 6.07 Å². The van der Waals surface area contributed by atoms with Gasteiger partial charge in [0.1, 0.15) is 11.5 Å². The molecule has 0 unspecified atom stereocenters. The lowest BCUT2D eigenvalue weighted by Crippen LogP contribution is -1.99. The highest BCUT2D eigenvalue weighted by Crippen LogP contribution is 2.22. The second-order valence-electron chi connectivity index (χ2n) is 4.53. The lowest BCUT2D eigenvalue weighted by Gasteiger charge is -2.06. The topological polar surface area (TPSA) is 64.7 Å². The maximum Gasteiger partial charge on any atom is 0.180 e. The normalized spacial score (nSPS) is 10.4. The third-order valence-corrected chi connectivity index (χ3v) is 2.93. The summed E-state index contributed by atoms with van der Waals surface area (Å²) in [6, 6.07) is 17.4. The van der Waals surface area contributed by atoms with E-state index >= 15 is 0 Å². The fourth-order valence-electron chi connectivity index (χ4n) is 2.00. The second kappa shape index (κ2) is 5.09. The molecule has 2 aromatic heterocycles. The predicted molar refractivity (Wildman–Crippen MR) is 79.8 cm³/mol. The molecular formula is C16H14N4. The maximum atomic E-state index is 5.89. The lowest BCUT2D eigenvalue weighted by atomic mass is 10.1. The molecule has 0 amide bonds. The van der Waals surface area contributed by atoms with Crippen molar-refractivity contribution in [2.75, 3.05) is 5.73 Å². The number of nitrogens with two attached hydrogens (primary N) is 1. The van der Waals surface area contributed by atoms with E-state index in [1.165, 1.54) is 0 Å². The molecule has 3 rings (SSSR count). The molecule has 0 saturated carbocycles. The smallest absolute Gasteiger partial charge is 0.180 e. The average molecular weight is 262 g/mol. The van der Waals surface area contributed by atoms with E-state index in [9.17, 15) is 0 Å². The summed E-state index contributed by atoms with van der Waals surface area (Å²) in [5, 5.41) is 0. The van der Waals surface area contributed by atoms with Crippen LogP contribution in [-0.2, 0) is 0 Å². The van der Waals surface area contributed by atoms with Crippen LogP contribution in [0.1, 0.15) is 5.69 Å². The van der Waals surface area contributed by atoms with E-state index < -0.39 is 0 Å². The predicted octanol–water partition coefficient (Wildman–Crippen LogP) is 3.10. The Morgan fingerprint density at radius 1 is 0.800 bits per heavy atom. The molecule has 20 heavy (non-hydrogen) atoms. The van der Waals surface area contributed by atoms with Gasteiger partial charge in [-0.05, 0) is 19.1 Å². The third kappa shape index (κ3) is 2.49. The van der Waals surface area contributed by atoms with E-state index in [4.69, 9.17) is 5.73 Å². The number of anilines is 1. The molecule has 4 nitrogen and oxygen atoms in total. The van der Waals surface area contributed by atoms with Crippen molar-refractivity contribution >= 4 is 5.82 Å². The highest BCUT2D eigenvalue weighted by molar-refractivity contribution is 5.65. The maximum absolute atomic E-state index is 5.89. The Morgan fingerprint density at radius 3 is 2.35 bits per heavy atom. The molecule has 4 heteroatoms. The van der Waals surface area contributed by atoms with Gasteiger partial charge in [-0.15, -0.1) is 0 Å². The molecule has 98 valence electrons. The minimum Gasteiger partial charge on any atom is -0.384 e. The Labute approximate surface area is 117 Å². The zero-order valence-corrected chi connectivity index (χ0v) is 11.1. The van der Waals surface area contributed by atoms with Gasteiger partial charge < -0.3 is 5.73 Å². The molecule has 0 bridgehead atoms. The van der Waals surface area contributed by atoms with Crippen molar-refractivity contribution in [3.63, 3.8) is 0 Å². The molecule has 0 spiro atoms. The number of aromatic nitrogens is 3. The molecule has 1 aromatic carbocycles. The Bertz CT molecular complexity index is 738. The van der Waals surface area contributed by atoms with Gasteiger partial charge in [-0.3, -0.25) is 0 Å². The lowest BCUT2D eigenvalue weighted by molar-refractivity contribution is 1.12. The quantitative estimate of drug-likeness (QED) is 0.770. The molecule has 0 atom stereocenters. The number of hydrogen-bond acceptors (Lipinski definition) is 4. The van der Waals surface area contributed by atoms with E-state index in [1.807, 2.05) is 55.5 Å². The molecule has 2 heterocycles. The molecule has 0 aliphatic carbocycles. The first kappa shape index (κ1) is 12.3. The van der Waals surface area contributed by atoms with Crippen molar-refractivity contribution in [2.24, 2.45) is 0 Å². The summed E-state index contributed by atoms with van der Waals surface area (Å²) >= 11 is 0. The van der Waals surface area contributed by atoms with Crippen molar-refractivity contribution in [1.29, 1.82) is 0 Å². The van der Waals surface area contributed by atoms with Crippen molar-refractivity contribution in [3.8, 4) is 22.8 Å². The highest BCUT2D eigenvalue weighted by atomic mass is 15.0. The van der Waals surface area contributed by atoms with Crippen LogP contribution >= 0.6 is 0 Å². The first-order valence-corrected chi connectivity index (χ1v) is 6.36. The van der Waals surface area contributed by atoms with Crippen molar-refractivity contribution < 1.29 is 0 Å². The molecule has 3 aromatic rings. The number of nitrogen functional groups attached to an aromatic ring is 1. The SMILES string of the molecule is Cc1cccc(-c2nc(N)cc(-c3ccccc3)n2)n1. The second-order valence-corrected chi connectivity index (χ2v) is 4.53. The van der Waals surface area contributed by atoms with Crippen LogP contribution in [0, 0.1) is 6.92 Å². The van der Waals surface area contributed by atoms with Gasteiger partial charge in [-0.25, -0.2) is 15.0 Å². The largest absolute Gasteiger partial charge is 0.384 e. The van der Waals surface area contributed by atoms with Crippen molar-refractivity contribution in [3.05, 3.63) is 60.3 Å². The van der Waals surface area contributed by atoms with Gasteiger partial charge in [-0.2, -0.15) is 0 Å². The van der Waals surface area contributed by atoms with E-state index in [-0.39, 0.29) is 0 Å². The van der Waals surface area contributed by atoms with Crippen LogP contribution in [0.25, 0.3) is 22.8 Å². The van der Waals surface area contributed by atoms with Crippen LogP contribution in [0.15, 0.2) is 54.6 Å². The van der Waals surface area contributed by atoms with E-state index in [2.05, 4.69) is 15.0 Å². The Morgan fingerprint density at radius 2 is 1.60 bits per heavy atom. The van der Waals surface area contributed by atoms with Gasteiger partial charge >= 0.3 is 0 Å². The average Bonchev–Trinajstić information content (AvgIpc) is 2.47. The van der Waals surface area contributed by atoms with Gasteiger partial charge in [-0.1, -0.05) is 36.4 Å². The molecule has 0 aliphatic heterocycles. The first-order valence-electron chi connectivity index (χ1n) is 6.36. The summed E-state index contributed by atoms with van der Waals surface area (Å²) in [6.45, 7) is 1.94. The highest BCUT2D eigenvalue weighted by Gasteiger charge is 2.08. The Balaban J connectivity index is 2.12. The van der Waals surface area contributed by atoms with Gasteiger partial charge in [0.2, 0.25) is 0 Å². The van der Waals surface area contributed by atoms with Crippen LogP contribution in [-0.4, -0.2) is 15.0 Å². The number of benzene rings is 1. The van der Waals surface area contributed by atoms with Crippen LogP contribution in [0.4, 0.5) is 5.82 Å². The van der Waals surface area contributed by atoms with Crippen LogP contribution in [0.2, 0.25) is 0 Å². The molecule has 0 radical (unpaired) electrons. The number of aryl methyl sites for hydroxylation is 1. The fraction of sp³-hybridized carbons (Fsp3) is 0.0625. The third-order valence-electron chi connectivity index (χ3n) is 2.93. The summed E-state index contributed by atoms with van der Waals surface area (Å²) in [5.74, 6) is 0.990. The number of rotatable bonds is 2. The molecular weight excluding hydrogens is 248 g/mol. The molecule has 0 saturated heterocycles. The summed E-state index contributed by atoms with van der Waals surface area (Å²) in [5.41, 5.74) is 9.36. The summed E-state index contributed by atoms with van der Waals surface area (Å²) in [7, 11) is 0. The monoisotopic (exact) mass is 262 g/mol. The Hall–Kier alpha value is -2.75. The molecule has 0 aliphatic rings. The molecule has 0 fully saturated rings. The van der Waals surface area contributed by atoms with Crippen LogP contribution in [0.3, 0.4) is 0 Å². The zero-order valence-electron chi connectivity index (χ0n) is 11.1. The van der Waals surface area contributed by atoms with Crippen LogP contribution in [0.5, 0.6) is 0 Å². The zero-order chi connectivity index (χ0) is 13.9. The number of hydrogen-bond donors (Lipinski definition) is 1. The first-order chi connectivity index (χ1) is 9.72. The minimum atomic E-state index is 0.442. The summed E-state index contributed by atoms with van der Waals surface area (Å²) in [6.07, 6.45) is 0. The van der Waals surface area contributed by atoms with Gasteiger partial charge in [0.15, 0.2) is 5.82 Å². The number of nitrogens with zero attached hydrogens (tertiary/aromatic N) is 3. The standard InChI is InChI=1S/C16H14N4/c1-11-6-5-9-13(18-11)16-19-14(10-15(17)20-16)12-7-3-2-4-8-12/h2-10H,1H3,(H2,17,19,20). The minimum absolute atomic E-state index is 0.442. The van der Waals surface area contributed by atoms with Crippen molar-refractivity contribution in [2.45, 2.75) is 6.92 Å². The summed E-state index contributed by atoms with van der Waals surface area (Å²) < 4.78 is 0. The molecule has 2 N–H and O–H groups in total.